The maximum absolute atomic E-state index is 5.24. The Morgan fingerprint density at radius 1 is 1.29 bits per heavy atom. The lowest BCUT2D eigenvalue weighted by Crippen LogP contribution is -2.14. The Kier molecular flexibility index (Phi) is 2.40. The second-order valence-corrected chi connectivity index (χ2v) is 2.85. The lowest BCUT2D eigenvalue weighted by molar-refractivity contribution is 0.0382. The van der Waals surface area contributed by atoms with Gasteiger partial charge in [-0.2, -0.15) is 0 Å². The first-order chi connectivity index (χ1) is 6.84. The third-order valence-corrected chi connectivity index (χ3v) is 1.69. The van der Waals surface area contributed by atoms with E-state index < -0.39 is 0 Å². The van der Waals surface area contributed by atoms with Crippen LogP contribution in [0, 0.1) is 6.92 Å². The average Bonchev–Trinajstić information content (AvgIpc) is 2.63. The summed E-state index contributed by atoms with van der Waals surface area (Å²) in [5.41, 5.74) is 1.07. The zero-order valence-electron chi connectivity index (χ0n) is 7.79. The van der Waals surface area contributed by atoms with Crippen molar-refractivity contribution in [3.63, 3.8) is 0 Å². The maximum Gasteiger partial charge on any atom is 0.175 e. The van der Waals surface area contributed by atoms with Gasteiger partial charge >= 0.3 is 0 Å². The van der Waals surface area contributed by atoms with Crippen molar-refractivity contribution in [3.8, 4) is 0 Å². The van der Waals surface area contributed by atoms with Gasteiger partial charge in [-0.3, -0.25) is 0 Å². The molecule has 0 atom stereocenters. The molecule has 1 heterocycles. The molecule has 72 valence electrons. The molecule has 0 N–H and O–H groups in total. The van der Waals surface area contributed by atoms with E-state index in [-0.39, 0.29) is 0 Å². The predicted molar refractivity (Wildman–Crippen MR) is 49.3 cm³/mol. The van der Waals surface area contributed by atoms with Gasteiger partial charge in [-0.25, -0.2) is 0 Å². The second-order valence-electron chi connectivity index (χ2n) is 2.85. The lowest BCUT2D eigenvalue weighted by atomic mass is 10.2. The van der Waals surface area contributed by atoms with Gasteiger partial charge in [-0.1, -0.05) is 35.4 Å². The van der Waals surface area contributed by atoms with Crippen LogP contribution in [0.5, 0.6) is 0 Å². The van der Waals surface area contributed by atoms with Crippen molar-refractivity contribution in [1.82, 2.24) is 20.4 Å². The molecule has 0 spiro atoms. The number of nitrogens with zero attached hydrogens (tertiary/aromatic N) is 4. The minimum Gasteiger partial charge on any atom is -0.375 e. The molecular formula is C9H10N4O. The summed E-state index contributed by atoms with van der Waals surface area (Å²) < 4.78 is 0. The summed E-state index contributed by atoms with van der Waals surface area (Å²) >= 11 is 0. The third-order valence-electron chi connectivity index (χ3n) is 1.69. The van der Waals surface area contributed by atoms with E-state index in [1.807, 2.05) is 30.3 Å². The third kappa shape index (κ3) is 2.07. The molecule has 14 heavy (non-hydrogen) atoms. The topological polar surface area (TPSA) is 52.8 Å². The molecule has 0 amide bonds. The van der Waals surface area contributed by atoms with Crippen molar-refractivity contribution in [1.29, 1.82) is 0 Å². The number of rotatable bonds is 3. The van der Waals surface area contributed by atoms with E-state index in [0.717, 1.165) is 10.5 Å². The Morgan fingerprint density at radius 2 is 2.07 bits per heavy atom. The van der Waals surface area contributed by atoms with E-state index in [1.54, 1.807) is 6.92 Å². The number of hydrogen-bond acceptors (Lipinski definition) is 4. The zero-order valence-corrected chi connectivity index (χ0v) is 7.79. The summed E-state index contributed by atoms with van der Waals surface area (Å²) in [5.74, 6) is 0.595. The minimum atomic E-state index is 0.441. The first-order valence-electron chi connectivity index (χ1n) is 4.28. The zero-order chi connectivity index (χ0) is 9.80. The van der Waals surface area contributed by atoms with Gasteiger partial charge in [0.1, 0.15) is 6.61 Å². The summed E-state index contributed by atoms with van der Waals surface area (Å²) in [6, 6.07) is 9.83. The smallest absolute Gasteiger partial charge is 0.175 e. The Hall–Kier alpha value is -1.91. The normalized spacial score (nSPS) is 10.1. The first kappa shape index (κ1) is 8.68. The monoisotopic (exact) mass is 190 g/mol. The summed E-state index contributed by atoms with van der Waals surface area (Å²) in [4.78, 5) is 6.37. The van der Waals surface area contributed by atoms with Crippen molar-refractivity contribution in [2.24, 2.45) is 0 Å². The second kappa shape index (κ2) is 3.87. The van der Waals surface area contributed by atoms with Gasteiger partial charge in [-0.05, 0) is 17.7 Å². The Morgan fingerprint density at radius 3 is 2.71 bits per heavy atom. The molecule has 2 rings (SSSR count). The maximum atomic E-state index is 5.24. The van der Waals surface area contributed by atoms with E-state index >= 15 is 0 Å². The molecule has 0 aliphatic rings. The quantitative estimate of drug-likeness (QED) is 0.711. The molecule has 2 aromatic rings. The van der Waals surface area contributed by atoms with Gasteiger partial charge in [0.2, 0.25) is 0 Å². The molecule has 1 aromatic carbocycles. The molecule has 0 fully saturated rings. The summed E-state index contributed by atoms with van der Waals surface area (Å²) in [5, 5.41) is 11.3. The van der Waals surface area contributed by atoms with E-state index in [1.165, 1.54) is 0 Å². The highest BCUT2D eigenvalue weighted by molar-refractivity contribution is 5.13. The number of benzene rings is 1. The van der Waals surface area contributed by atoms with Crippen LogP contribution in [0.3, 0.4) is 0 Å². The largest absolute Gasteiger partial charge is 0.375 e. The van der Waals surface area contributed by atoms with Gasteiger partial charge in [0.15, 0.2) is 5.82 Å². The van der Waals surface area contributed by atoms with Crippen molar-refractivity contribution in [2.45, 2.75) is 13.5 Å². The van der Waals surface area contributed by atoms with Crippen LogP contribution in [0.2, 0.25) is 0 Å². The van der Waals surface area contributed by atoms with Crippen LogP contribution in [-0.2, 0) is 6.61 Å². The SMILES string of the molecule is Cc1nnn(OCc2ccccc2)n1. The van der Waals surface area contributed by atoms with Crippen molar-refractivity contribution < 1.29 is 4.84 Å². The van der Waals surface area contributed by atoms with Gasteiger partial charge in [0.05, 0.1) is 0 Å². The lowest BCUT2D eigenvalue weighted by Gasteiger charge is -2.01. The summed E-state index contributed by atoms with van der Waals surface area (Å²) in [6.45, 7) is 2.20. The fraction of sp³-hybridized carbons (Fsp3) is 0.222. The van der Waals surface area contributed by atoms with Crippen LogP contribution >= 0.6 is 0 Å². The molecule has 0 aliphatic heterocycles. The van der Waals surface area contributed by atoms with Crippen LogP contribution in [0.15, 0.2) is 30.3 Å². The fourth-order valence-corrected chi connectivity index (χ4v) is 1.03. The average molecular weight is 190 g/mol. The number of aromatic nitrogens is 4. The van der Waals surface area contributed by atoms with Crippen LogP contribution < -0.4 is 4.84 Å². The van der Waals surface area contributed by atoms with E-state index in [0.29, 0.717) is 12.4 Å². The molecule has 0 unspecified atom stereocenters. The highest BCUT2D eigenvalue weighted by atomic mass is 16.7. The molecule has 5 nitrogen and oxygen atoms in total. The molecule has 0 saturated heterocycles. The molecule has 0 radical (unpaired) electrons. The molecule has 0 saturated carbocycles. The minimum absolute atomic E-state index is 0.441. The van der Waals surface area contributed by atoms with Crippen molar-refractivity contribution in [2.75, 3.05) is 0 Å². The van der Waals surface area contributed by atoms with Crippen LogP contribution in [0.4, 0.5) is 0 Å². The fourth-order valence-electron chi connectivity index (χ4n) is 1.03. The molecule has 0 aliphatic carbocycles. The molecule has 0 bridgehead atoms. The molecular weight excluding hydrogens is 180 g/mol. The Labute approximate surface area is 81.3 Å². The first-order valence-corrected chi connectivity index (χ1v) is 4.28. The number of hydrogen-bond donors (Lipinski definition) is 0. The molecule has 5 heteroatoms. The number of aryl methyl sites for hydroxylation is 1. The van der Waals surface area contributed by atoms with Crippen LogP contribution in [0.1, 0.15) is 11.4 Å². The standard InChI is InChI=1S/C9H10N4O/c1-8-10-12-13(11-8)14-7-9-5-3-2-4-6-9/h2-6H,7H2,1H3. The highest BCUT2D eigenvalue weighted by Crippen LogP contribution is 1.97. The van der Waals surface area contributed by atoms with Crippen LogP contribution in [0.25, 0.3) is 0 Å². The van der Waals surface area contributed by atoms with E-state index in [2.05, 4.69) is 15.4 Å². The van der Waals surface area contributed by atoms with Gasteiger partial charge in [0, 0.05) is 4.96 Å². The Balaban J connectivity index is 1.95. The predicted octanol–water partition coefficient (Wildman–Crippen LogP) is 0.610. The van der Waals surface area contributed by atoms with Crippen molar-refractivity contribution >= 4 is 0 Å². The highest BCUT2D eigenvalue weighted by Gasteiger charge is 1.97. The van der Waals surface area contributed by atoms with Gasteiger partial charge in [0.25, 0.3) is 0 Å². The van der Waals surface area contributed by atoms with Crippen LogP contribution in [-0.4, -0.2) is 20.4 Å². The van der Waals surface area contributed by atoms with E-state index in [4.69, 9.17) is 4.84 Å². The summed E-state index contributed by atoms with van der Waals surface area (Å²) in [6.07, 6.45) is 0. The molecule has 1 aromatic heterocycles. The van der Waals surface area contributed by atoms with Crippen molar-refractivity contribution in [3.05, 3.63) is 41.7 Å². The Bertz CT molecular complexity index is 398. The van der Waals surface area contributed by atoms with E-state index in [9.17, 15) is 0 Å². The van der Waals surface area contributed by atoms with Gasteiger partial charge < -0.3 is 4.84 Å². The van der Waals surface area contributed by atoms with Gasteiger partial charge in [-0.15, -0.1) is 5.10 Å². The number of tetrazole rings is 1. The summed E-state index contributed by atoms with van der Waals surface area (Å²) in [7, 11) is 0.